The highest BCUT2D eigenvalue weighted by molar-refractivity contribution is 7.61. The van der Waals surface area contributed by atoms with E-state index in [4.69, 9.17) is 27.9 Å². The van der Waals surface area contributed by atoms with E-state index in [1.807, 2.05) is 18.5 Å². The summed E-state index contributed by atoms with van der Waals surface area (Å²) in [6, 6.07) is 5.02. The van der Waals surface area contributed by atoms with Crippen molar-refractivity contribution in [3.8, 4) is 0 Å². The normalized spacial score (nSPS) is 18.4. The number of hydrogen-bond donors (Lipinski definition) is 2. The SMILES string of the molecule is CC(C)=NNP(=O)(Nc1ccc(Cl)c(Cl)c1)N1CCOCC1. The molecule has 6 nitrogen and oxygen atoms in total. The zero-order valence-electron chi connectivity index (χ0n) is 12.5. The van der Waals surface area contributed by atoms with E-state index in [-0.39, 0.29) is 0 Å². The van der Waals surface area contributed by atoms with Gasteiger partial charge in [-0.2, -0.15) is 5.10 Å². The summed E-state index contributed by atoms with van der Waals surface area (Å²) in [5.74, 6) is 0. The molecule has 0 aliphatic carbocycles. The van der Waals surface area contributed by atoms with E-state index < -0.39 is 7.59 Å². The first-order chi connectivity index (χ1) is 10.4. The van der Waals surface area contributed by atoms with Crippen LogP contribution in [0.1, 0.15) is 13.8 Å². The van der Waals surface area contributed by atoms with Crippen LogP contribution in [-0.2, 0) is 9.30 Å². The van der Waals surface area contributed by atoms with Gasteiger partial charge in [-0.3, -0.25) is 4.57 Å². The van der Waals surface area contributed by atoms with Crippen LogP contribution in [0, 0.1) is 0 Å². The van der Waals surface area contributed by atoms with E-state index in [2.05, 4.69) is 15.4 Å². The number of morpholine rings is 1. The van der Waals surface area contributed by atoms with Gasteiger partial charge in [0.15, 0.2) is 0 Å². The monoisotopic (exact) mass is 364 g/mol. The molecule has 0 amide bonds. The highest BCUT2D eigenvalue weighted by atomic mass is 35.5. The van der Waals surface area contributed by atoms with Gasteiger partial charge in [0.2, 0.25) is 0 Å². The van der Waals surface area contributed by atoms with Crippen molar-refractivity contribution in [3.05, 3.63) is 28.2 Å². The Kier molecular flexibility index (Phi) is 6.12. The van der Waals surface area contributed by atoms with Crippen LogP contribution in [0.3, 0.4) is 0 Å². The summed E-state index contributed by atoms with van der Waals surface area (Å²) in [5.41, 5.74) is 1.39. The fourth-order valence-electron chi connectivity index (χ4n) is 1.90. The number of halogens is 2. The lowest BCUT2D eigenvalue weighted by Gasteiger charge is -2.34. The fourth-order valence-corrected chi connectivity index (χ4v) is 4.07. The van der Waals surface area contributed by atoms with E-state index in [1.54, 1.807) is 18.2 Å². The second-order valence-electron chi connectivity index (χ2n) is 5.04. The molecule has 22 heavy (non-hydrogen) atoms. The molecule has 2 rings (SSSR count). The number of nitrogens with zero attached hydrogens (tertiary/aromatic N) is 2. The van der Waals surface area contributed by atoms with Gasteiger partial charge in [-0.15, -0.1) is 0 Å². The van der Waals surface area contributed by atoms with Crippen LogP contribution in [0.25, 0.3) is 0 Å². The molecule has 1 aromatic carbocycles. The van der Waals surface area contributed by atoms with Crippen LogP contribution in [-0.4, -0.2) is 36.7 Å². The summed E-state index contributed by atoms with van der Waals surface area (Å²) in [6.45, 7) is 5.83. The Morgan fingerprint density at radius 2 is 1.95 bits per heavy atom. The lowest BCUT2D eigenvalue weighted by atomic mass is 10.3. The molecule has 1 saturated heterocycles. The van der Waals surface area contributed by atoms with Gasteiger partial charge in [-0.1, -0.05) is 23.2 Å². The summed E-state index contributed by atoms with van der Waals surface area (Å²) in [7, 11) is -3.14. The number of nitrogens with one attached hydrogen (secondary N) is 2. The molecule has 0 spiro atoms. The average molecular weight is 365 g/mol. The van der Waals surface area contributed by atoms with E-state index >= 15 is 0 Å². The predicted molar refractivity (Wildman–Crippen MR) is 92.0 cm³/mol. The maximum absolute atomic E-state index is 13.3. The third-order valence-corrected chi connectivity index (χ3v) is 5.86. The average Bonchev–Trinajstić information content (AvgIpc) is 2.50. The summed E-state index contributed by atoms with van der Waals surface area (Å²) < 4.78 is 20.4. The van der Waals surface area contributed by atoms with E-state index in [1.165, 1.54) is 0 Å². The van der Waals surface area contributed by atoms with Crippen molar-refractivity contribution in [1.29, 1.82) is 0 Å². The first-order valence-corrected chi connectivity index (χ1v) is 9.27. The summed E-state index contributed by atoms with van der Waals surface area (Å²) >= 11 is 11.9. The van der Waals surface area contributed by atoms with Gasteiger partial charge in [-0.25, -0.2) is 9.87 Å². The number of hydrazone groups is 1. The van der Waals surface area contributed by atoms with Crippen LogP contribution in [0.15, 0.2) is 23.3 Å². The van der Waals surface area contributed by atoms with Crippen LogP contribution < -0.4 is 10.3 Å². The minimum atomic E-state index is -3.14. The molecule has 1 atom stereocenters. The molecule has 1 aliphatic heterocycles. The van der Waals surface area contributed by atoms with Gasteiger partial charge >= 0.3 is 7.59 Å². The summed E-state index contributed by atoms with van der Waals surface area (Å²) in [6.07, 6.45) is 0. The highest BCUT2D eigenvalue weighted by Gasteiger charge is 2.32. The molecule has 2 N–H and O–H groups in total. The molecular weight excluding hydrogens is 346 g/mol. The third-order valence-electron chi connectivity index (χ3n) is 3.00. The first-order valence-electron chi connectivity index (χ1n) is 6.85. The minimum Gasteiger partial charge on any atom is -0.379 e. The van der Waals surface area contributed by atoms with Crippen molar-refractivity contribution in [2.45, 2.75) is 13.8 Å². The quantitative estimate of drug-likeness (QED) is 0.472. The largest absolute Gasteiger partial charge is 0.379 e. The smallest absolute Gasteiger partial charge is 0.346 e. The molecule has 1 aliphatic rings. The van der Waals surface area contributed by atoms with E-state index in [0.717, 1.165) is 5.71 Å². The summed E-state index contributed by atoms with van der Waals surface area (Å²) in [4.78, 5) is 0. The van der Waals surface area contributed by atoms with Crippen molar-refractivity contribution in [3.63, 3.8) is 0 Å². The minimum absolute atomic E-state index is 0.398. The van der Waals surface area contributed by atoms with Crippen molar-refractivity contribution in [2.24, 2.45) is 5.10 Å². The number of benzene rings is 1. The summed E-state index contributed by atoms with van der Waals surface area (Å²) in [5, 5.41) is 10.7. The third kappa shape index (κ3) is 4.61. The van der Waals surface area contributed by atoms with Crippen LogP contribution in [0.2, 0.25) is 10.0 Å². The highest BCUT2D eigenvalue weighted by Crippen LogP contribution is 2.46. The second kappa shape index (κ2) is 7.66. The zero-order valence-corrected chi connectivity index (χ0v) is 14.9. The number of ether oxygens (including phenoxy) is 1. The topological polar surface area (TPSA) is 66.0 Å². The molecular formula is C13H19Cl2N4O2P. The molecule has 1 heterocycles. The lowest BCUT2D eigenvalue weighted by molar-refractivity contribution is 0.0717. The molecule has 0 radical (unpaired) electrons. The molecule has 0 saturated carbocycles. The number of hydrogen-bond acceptors (Lipinski definition) is 3. The van der Waals surface area contributed by atoms with Crippen molar-refractivity contribution < 1.29 is 9.30 Å². The Bertz CT molecular complexity index is 602. The standard InChI is InChI=1S/C13H19Cl2N4O2P/c1-10(2)16-18-22(20,19-5-7-21-8-6-19)17-11-3-4-12(14)13(15)9-11/h3-4,9H,5-8H2,1-2H3,(H2,17,18,20). The molecule has 1 aromatic rings. The Morgan fingerprint density at radius 1 is 1.27 bits per heavy atom. The Balaban J connectivity index is 2.24. The van der Waals surface area contributed by atoms with Gasteiger partial charge in [0.05, 0.1) is 23.3 Å². The molecule has 122 valence electrons. The van der Waals surface area contributed by atoms with Gasteiger partial charge in [0.25, 0.3) is 0 Å². The van der Waals surface area contributed by atoms with Crippen molar-refractivity contribution in [1.82, 2.24) is 9.87 Å². The Hall–Kier alpha value is -0.780. The van der Waals surface area contributed by atoms with Crippen LogP contribution in [0.5, 0.6) is 0 Å². The molecule has 1 fully saturated rings. The zero-order chi connectivity index (χ0) is 16.2. The fraction of sp³-hybridized carbons (Fsp3) is 0.462. The molecule has 0 bridgehead atoms. The lowest BCUT2D eigenvalue weighted by Crippen LogP contribution is -2.39. The van der Waals surface area contributed by atoms with Crippen molar-refractivity contribution in [2.75, 3.05) is 31.4 Å². The van der Waals surface area contributed by atoms with Crippen molar-refractivity contribution >= 4 is 42.2 Å². The van der Waals surface area contributed by atoms with Crippen LogP contribution >= 0.6 is 30.8 Å². The van der Waals surface area contributed by atoms with E-state index in [0.29, 0.717) is 42.0 Å². The number of anilines is 1. The predicted octanol–water partition coefficient (Wildman–Crippen LogP) is 3.83. The Labute approximate surface area is 140 Å². The maximum Gasteiger partial charge on any atom is 0.346 e. The molecule has 9 heteroatoms. The maximum atomic E-state index is 13.3. The van der Waals surface area contributed by atoms with Gasteiger partial charge < -0.3 is 9.82 Å². The second-order valence-corrected chi connectivity index (χ2v) is 8.00. The first kappa shape index (κ1) is 17.6. The molecule has 1 unspecified atom stereocenters. The molecule has 0 aromatic heterocycles. The van der Waals surface area contributed by atoms with Gasteiger partial charge in [0, 0.05) is 24.5 Å². The van der Waals surface area contributed by atoms with Gasteiger partial charge in [0.1, 0.15) is 0 Å². The van der Waals surface area contributed by atoms with Crippen LogP contribution in [0.4, 0.5) is 5.69 Å². The number of rotatable bonds is 5. The van der Waals surface area contributed by atoms with Gasteiger partial charge in [-0.05, 0) is 32.0 Å². The Morgan fingerprint density at radius 3 is 2.55 bits per heavy atom. The van der Waals surface area contributed by atoms with E-state index in [9.17, 15) is 4.57 Å².